The molecule has 0 saturated heterocycles. The Morgan fingerprint density at radius 3 is 2.46 bits per heavy atom. The molecule has 0 heterocycles. The van der Waals surface area contributed by atoms with Crippen LogP contribution >= 0.6 is 23.2 Å². The van der Waals surface area contributed by atoms with E-state index in [4.69, 9.17) is 27.9 Å². The van der Waals surface area contributed by atoms with Gasteiger partial charge in [-0.2, -0.15) is 0 Å². The standard InChI is InChI=1S/C17H16Cl2N2O3/c1-10-5-3-4-6-13(10)17(23)21-20-16(22)11(2)24-15-8-7-12(18)9-14(15)19/h3-9,11H,1-2H3,(H,20,22)(H,21,23). The number of nitrogens with one attached hydrogen (secondary N) is 2. The number of ether oxygens (including phenoxy) is 1. The predicted molar refractivity (Wildman–Crippen MR) is 93.3 cm³/mol. The molecule has 24 heavy (non-hydrogen) atoms. The lowest BCUT2D eigenvalue weighted by atomic mass is 10.1. The lowest BCUT2D eigenvalue weighted by Gasteiger charge is -2.16. The van der Waals surface area contributed by atoms with E-state index >= 15 is 0 Å². The first kappa shape index (κ1) is 18.1. The maximum absolute atomic E-state index is 12.0. The number of carbonyl (C=O) groups excluding carboxylic acids is 2. The van der Waals surface area contributed by atoms with E-state index in [2.05, 4.69) is 10.9 Å². The fourth-order valence-corrected chi connectivity index (χ4v) is 2.38. The molecule has 1 unspecified atom stereocenters. The molecular formula is C17H16Cl2N2O3. The number of rotatable bonds is 4. The van der Waals surface area contributed by atoms with Crippen LogP contribution in [0.3, 0.4) is 0 Å². The van der Waals surface area contributed by atoms with Crippen molar-refractivity contribution in [3.8, 4) is 5.75 Å². The quantitative estimate of drug-likeness (QED) is 0.813. The summed E-state index contributed by atoms with van der Waals surface area (Å²) in [7, 11) is 0. The fourth-order valence-electron chi connectivity index (χ4n) is 1.93. The van der Waals surface area contributed by atoms with Crippen molar-refractivity contribution in [2.75, 3.05) is 0 Å². The van der Waals surface area contributed by atoms with Crippen molar-refractivity contribution in [2.24, 2.45) is 0 Å². The van der Waals surface area contributed by atoms with Crippen molar-refractivity contribution in [3.05, 3.63) is 63.6 Å². The number of hydrazine groups is 1. The van der Waals surface area contributed by atoms with Gasteiger partial charge in [-0.05, 0) is 43.7 Å². The van der Waals surface area contributed by atoms with E-state index in [0.29, 0.717) is 21.4 Å². The minimum absolute atomic E-state index is 0.297. The monoisotopic (exact) mass is 366 g/mol. The number of aryl methyl sites for hydroxylation is 1. The first-order chi connectivity index (χ1) is 11.4. The molecule has 2 amide bonds. The van der Waals surface area contributed by atoms with Crippen LogP contribution in [0.2, 0.25) is 10.0 Å². The molecule has 126 valence electrons. The molecule has 0 fully saturated rings. The Morgan fingerprint density at radius 2 is 1.79 bits per heavy atom. The predicted octanol–water partition coefficient (Wildman–Crippen LogP) is 3.53. The van der Waals surface area contributed by atoms with Gasteiger partial charge >= 0.3 is 0 Å². The molecule has 2 aromatic rings. The van der Waals surface area contributed by atoms with Crippen LogP contribution in [0.1, 0.15) is 22.8 Å². The Morgan fingerprint density at radius 1 is 1.08 bits per heavy atom. The Labute approximate surface area is 149 Å². The molecular weight excluding hydrogens is 351 g/mol. The molecule has 7 heteroatoms. The van der Waals surface area contributed by atoms with Gasteiger partial charge in [0.15, 0.2) is 6.10 Å². The van der Waals surface area contributed by atoms with E-state index in [9.17, 15) is 9.59 Å². The highest BCUT2D eigenvalue weighted by atomic mass is 35.5. The summed E-state index contributed by atoms with van der Waals surface area (Å²) in [5.41, 5.74) is 5.97. The number of hydrogen-bond donors (Lipinski definition) is 2. The van der Waals surface area contributed by atoms with E-state index in [1.807, 2.05) is 19.1 Å². The zero-order valence-electron chi connectivity index (χ0n) is 13.1. The molecule has 0 spiro atoms. The third-order valence-electron chi connectivity index (χ3n) is 3.26. The van der Waals surface area contributed by atoms with Gasteiger partial charge in [0.2, 0.25) is 0 Å². The van der Waals surface area contributed by atoms with Gasteiger partial charge in [0.25, 0.3) is 11.8 Å². The van der Waals surface area contributed by atoms with Gasteiger partial charge in [-0.15, -0.1) is 0 Å². The number of hydrogen-bond acceptors (Lipinski definition) is 3. The maximum Gasteiger partial charge on any atom is 0.279 e. The number of benzene rings is 2. The third kappa shape index (κ3) is 4.63. The summed E-state index contributed by atoms with van der Waals surface area (Å²) in [6, 6.07) is 11.8. The van der Waals surface area contributed by atoms with Crippen molar-refractivity contribution in [1.29, 1.82) is 0 Å². The molecule has 0 saturated carbocycles. The number of carbonyl (C=O) groups is 2. The highest BCUT2D eigenvalue weighted by molar-refractivity contribution is 6.35. The van der Waals surface area contributed by atoms with Crippen LogP contribution in [0.25, 0.3) is 0 Å². The van der Waals surface area contributed by atoms with E-state index in [-0.39, 0.29) is 0 Å². The topological polar surface area (TPSA) is 67.4 Å². The summed E-state index contributed by atoms with van der Waals surface area (Å²) in [5, 5.41) is 0.765. The molecule has 2 rings (SSSR count). The molecule has 0 bridgehead atoms. The molecule has 0 aromatic heterocycles. The van der Waals surface area contributed by atoms with Gasteiger partial charge in [-0.1, -0.05) is 41.4 Å². The second kappa shape index (κ2) is 8.04. The van der Waals surface area contributed by atoms with Gasteiger partial charge < -0.3 is 4.74 Å². The van der Waals surface area contributed by atoms with Gasteiger partial charge in [0, 0.05) is 10.6 Å². The summed E-state index contributed by atoms with van der Waals surface area (Å²) in [4.78, 5) is 24.1. The molecule has 5 nitrogen and oxygen atoms in total. The van der Waals surface area contributed by atoms with Crippen LogP contribution < -0.4 is 15.6 Å². The largest absolute Gasteiger partial charge is 0.479 e. The summed E-state index contributed by atoms with van der Waals surface area (Å²) < 4.78 is 5.47. The SMILES string of the molecule is Cc1ccccc1C(=O)NNC(=O)C(C)Oc1ccc(Cl)cc1Cl. The average molecular weight is 367 g/mol. The zero-order chi connectivity index (χ0) is 17.7. The van der Waals surface area contributed by atoms with Crippen molar-refractivity contribution >= 4 is 35.0 Å². The molecule has 0 aliphatic heterocycles. The Hall–Kier alpha value is -2.24. The van der Waals surface area contributed by atoms with E-state index in [1.165, 1.54) is 6.07 Å². The lowest BCUT2D eigenvalue weighted by Crippen LogP contribution is -2.47. The maximum atomic E-state index is 12.0. The van der Waals surface area contributed by atoms with E-state index in [0.717, 1.165) is 5.56 Å². The second-order valence-corrected chi connectivity index (χ2v) is 5.94. The molecule has 2 aromatic carbocycles. The highest BCUT2D eigenvalue weighted by Crippen LogP contribution is 2.28. The van der Waals surface area contributed by atoms with Crippen LogP contribution in [-0.2, 0) is 4.79 Å². The van der Waals surface area contributed by atoms with Crippen molar-refractivity contribution in [3.63, 3.8) is 0 Å². The Balaban J connectivity index is 1.92. The average Bonchev–Trinajstić information content (AvgIpc) is 2.55. The highest BCUT2D eigenvalue weighted by Gasteiger charge is 2.17. The van der Waals surface area contributed by atoms with Gasteiger partial charge in [0.05, 0.1) is 5.02 Å². The van der Waals surface area contributed by atoms with Crippen LogP contribution in [0.15, 0.2) is 42.5 Å². The van der Waals surface area contributed by atoms with Crippen molar-refractivity contribution < 1.29 is 14.3 Å². The first-order valence-electron chi connectivity index (χ1n) is 7.16. The molecule has 0 aliphatic rings. The minimum atomic E-state index is -0.860. The fraction of sp³-hybridized carbons (Fsp3) is 0.176. The molecule has 2 N–H and O–H groups in total. The smallest absolute Gasteiger partial charge is 0.279 e. The van der Waals surface area contributed by atoms with Crippen molar-refractivity contribution in [2.45, 2.75) is 20.0 Å². The Bertz CT molecular complexity index is 765. The van der Waals surface area contributed by atoms with Gasteiger partial charge in [0.1, 0.15) is 5.75 Å². The zero-order valence-corrected chi connectivity index (χ0v) is 14.6. The summed E-state index contributed by atoms with van der Waals surface area (Å²) in [5.74, 6) is -0.588. The van der Waals surface area contributed by atoms with Crippen LogP contribution in [-0.4, -0.2) is 17.9 Å². The minimum Gasteiger partial charge on any atom is -0.479 e. The van der Waals surface area contributed by atoms with Crippen LogP contribution in [0, 0.1) is 6.92 Å². The van der Waals surface area contributed by atoms with E-state index in [1.54, 1.807) is 31.2 Å². The van der Waals surface area contributed by atoms with Crippen molar-refractivity contribution in [1.82, 2.24) is 10.9 Å². The lowest BCUT2D eigenvalue weighted by molar-refractivity contribution is -0.128. The van der Waals surface area contributed by atoms with E-state index < -0.39 is 17.9 Å². The van der Waals surface area contributed by atoms with Gasteiger partial charge in [-0.3, -0.25) is 20.4 Å². The molecule has 0 aliphatic carbocycles. The first-order valence-corrected chi connectivity index (χ1v) is 7.91. The van der Waals surface area contributed by atoms with Crippen LogP contribution in [0.4, 0.5) is 0 Å². The number of halogens is 2. The normalized spacial score (nSPS) is 11.5. The number of amides is 2. The molecule has 1 atom stereocenters. The van der Waals surface area contributed by atoms with Crippen LogP contribution in [0.5, 0.6) is 5.75 Å². The summed E-state index contributed by atoms with van der Waals surface area (Å²) >= 11 is 11.8. The van der Waals surface area contributed by atoms with Gasteiger partial charge in [-0.25, -0.2) is 0 Å². The molecule has 0 radical (unpaired) electrons. The summed E-state index contributed by atoms with van der Waals surface area (Å²) in [6.45, 7) is 3.35. The third-order valence-corrected chi connectivity index (χ3v) is 3.79. The Kier molecular flexibility index (Phi) is 6.06. The summed E-state index contributed by atoms with van der Waals surface area (Å²) in [6.07, 6.45) is -0.860. The second-order valence-electron chi connectivity index (χ2n) is 5.09.